The van der Waals surface area contributed by atoms with Crippen LogP contribution >= 0.6 is 0 Å². The van der Waals surface area contributed by atoms with Crippen molar-refractivity contribution in [2.45, 2.75) is 44.2 Å². The fraction of sp³-hybridized carbons (Fsp3) is 1.00. The van der Waals surface area contributed by atoms with E-state index in [1.807, 2.05) is 0 Å². The Kier molecular flexibility index (Phi) is 4.58. The molecule has 1 unspecified atom stereocenters. The molecule has 1 aliphatic rings. The molecule has 3 heteroatoms. The topological polar surface area (TPSA) is 55.5 Å². The highest BCUT2D eigenvalue weighted by Crippen LogP contribution is 2.20. The molecule has 0 spiro atoms. The Labute approximate surface area is 73.9 Å². The van der Waals surface area contributed by atoms with E-state index in [0.29, 0.717) is 12.7 Å². The van der Waals surface area contributed by atoms with Crippen LogP contribution in [0, 0.1) is 0 Å². The maximum absolute atomic E-state index is 8.66. The molecule has 1 fully saturated rings. The van der Waals surface area contributed by atoms with Crippen LogP contribution in [0.15, 0.2) is 0 Å². The molecule has 1 atom stereocenters. The normalized spacial score (nSPS) is 22.5. The number of hydrogen-bond acceptors (Lipinski definition) is 3. The Balaban J connectivity index is 2.05. The zero-order chi connectivity index (χ0) is 8.81. The molecule has 0 amide bonds. The Morgan fingerprint density at radius 2 is 2.00 bits per heavy atom. The smallest absolute Gasteiger partial charge is 0.0643 e. The van der Waals surface area contributed by atoms with Gasteiger partial charge in [0.25, 0.3) is 0 Å². The van der Waals surface area contributed by atoms with Gasteiger partial charge in [-0.15, -0.1) is 0 Å². The van der Waals surface area contributed by atoms with Crippen LogP contribution in [0.2, 0.25) is 0 Å². The minimum absolute atomic E-state index is 0.0206. The van der Waals surface area contributed by atoms with Crippen LogP contribution in [0.3, 0.4) is 0 Å². The molecule has 0 aromatic heterocycles. The Hall–Kier alpha value is -0.120. The third-order valence-corrected chi connectivity index (χ3v) is 2.33. The summed E-state index contributed by atoms with van der Waals surface area (Å²) in [6, 6.07) is -0.202. The van der Waals surface area contributed by atoms with E-state index in [2.05, 4.69) is 0 Å². The van der Waals surface area contributed by atoms with E-state index in [9.17, 15) is 0 Å². The summed E-state index contributed by atoms with van der Waals surface area (Å²) in [6.45, 7) is 0.522. The molecule has 3 N–H and O–H groups in total. The van der Waals surface area contributed by atoms with E-state index in [4.69, 9.17) is 15.6 Å². The lowest BCUT2D eigenvalue weighted by atomic mass is 9.98. The first-order valence-corrected chi connectivity index (χ1v) is 4.81. The minimum Gasteiger partial charge on any atom is -0.395 e. The first-order valence-electron chi connectivity index (χ1n) is 4.81. The van der Waals surface area contributed by atoms with Crippen molar-refractivity contribution in [2.75, 3.05) is 13.2 Å². The largest absolute Gasteiger partial charge is 0.395 e. The molecule has 72 valence electrons. The van der Waals surface area contributed by atoms with Gasteiger partial charge in [0.15, 0.2) is 0 Å². The lowest BCUT2D eigenvalue weighted by molar-refractivity contribution is 0.0135. The molecule has 0 bridgehead atoms. The summed E-state index contributed by atoms with van der Waals surface area (Å²) < 4.78 is 5.55. The molecule has 0 heterocycles. The predicted molar refractivity (Wildman–Crippen MR) is 47.9 cm³/mol. The van der Waals surface area contributed by atoms with Crippen LogP contribution in [0.5, 0.6) is 0 Å². The summed E-state index contributed by atoms with van der Waals surface area (Å²) in [5.41, 5.74) is 5.52. The summed E-state index contributed by atoms with van der Waals surface area (Å²) in [6.07, 6.45) is 6.62. The van der Waals surface area contributed by atoms with Crippen molar-refractivity contribution in [1.82, 2.24) is 0 Å². The number of hydrogen-bond donors (Lipinski definition) is 2. The second kappa shape index (κ2) is 5.51. The summed E-state index contributed by atoms with van der Waals surface area (Å²) in [4.78, 5) is 0. The van der Waals surface area contributed by atoms with Crippen LogP contribution in [0.4, 0.5) is 0 Å². The second-order valence-electron chi connectivity index (χ2n) is 3.54. The fourth-order valence-electron chi connectivity index (χ4n) is 1.54. The molecule has 0 aliphatic heterocycles. The van der Waals surface area contributed by atoms with E-state index < -0.39 is 0 Å². The van der Waals surface area contributed by atoms with E-state index in [-0.39, 0.29) is 12.6 Å². The summed E-state index contributed by atoms with van der Waals surface area (Å²) in [7, 11) is 0. The predicted octanol–water partition coefficient (Wildman–Crippen LogP) is 0.655. The van der Waals surface area contributed by atoms with Crippen LogP contribution in [0.25, 0.3) is 0 Å². The van der Waals surface area contributed by atoms with Gasteiger partial charge in [-0.3, -0.25) is 0 Å². The Bertz CT molecular complexity index is 113. The van der Waals surface area contributed by atoms with Crippen LogP contribution in [-0.4, -0.2) is 30.5 Å². The van der Waals surface area contributed by atoms with Gasteiger partial charge in [-0.2, -0.15) is 0 Å². The minimum atomic E-state index is -0.202. The highest BCUT2D eigenvalue weighted by molar-refractivity contribution is 4.66. The van der Waals surface area contributed by atoms with Gasteiger partial charge in [-0.25, -0.2) is 0 Å². The van der Waals surface area contributed by atoms with E-state index in [0.717, 1.165) is 12.8 Å². The molecule has 12 heavy (non-hydrogen) atoms. The molecule has 1 rings (SSSR count). The van der Waals surface area contributed by atoms with Crippen LogP contribution in [0.1, 0.15) is 32.1 Å². The second-order valence-corrected chi connectivity index (χ2v) is 3.54. The van der Waals surface area contributed by atoms with Gasteiger partial charge in [0, 0.05) is 0 Å². The average molecular weight is 173 g/mol. The highest BCUT2D eigenvalue weighted by atomic mass is 16.5. The molecule has 1 saturated carbocycles. The summed E-state index contributed by atoms with van der Waals surface area (Å²) in [5, 5.41) is 8.66. The van der Waals surface area contributed by atoms with Gasteiger partial charge in [0.1, 0.15) is 0 Å². The number of aliphatic hydroxyl groups is 1. The zero-order valence-electron chi connectivity index (χ0n) is 7.54. The fourth-order valence-corrected chi connectivity index (χ4v) is 1.54. The standard InChI is InChI=1S/C9H19NO2/c10-8(6-11)7-12-9-4-2-1-3-5-9/h8-9,11H,1-7,10H2. The number of nitrogens with two attached hydrogens (primary N) is 1. The van der Waals surface area contributed by atoms with Crippen LogP contribution in [-0.2, 0) is 4.74 Å². The van der Waals surface area contributed by atoms with Gasteiger partial charge in [0.05, 0.1) is 25.4 Å². The van der Waals surface area contributed by atoms with Gasteiger partial charge >= 0.3 is 0 Å². The van der Waals surface area contributed by atoms with Crippen molar-refractivity contribution >= 4 is 0 Å². The van der Waals surface area contributed by atoms with Crippen molar-refractivity contribution < 1.29 is 9.84 Å². The molecular weight excluding hydrogens is 154 g/mol. The van der Waals surface area contributed by atoms with E-state index in [1.54, 1.807) is 0 Å². The van der Waals surface area contributed by atoms with Gasteiger partial charge in [-0.1, -0.05) is 19.3 Å². The molecule has 0 aromatic rings. The third kappa shape index (κ3) is 3.52. The lowest BCUT2D eigenvalue weighted by Crippen LogP contribution is -2.32. The molecule has 0 saturated heterocycles. The number of rotatable bonds is 4. The third-order valence-electron chi connectivity index (χ3n) is 2.33. The van der Waals surface area contributed by atoms with Crippen molar-refractivity contribution in [1.29, 1.82) is 0 Å². The maximum atomic E-state index is 8.66. The van der Waals surface area contributed by atoms with Crippen LogP contribution < -0.4 is 5.73 Å². The lowest BCUT2D eigenvalue weighted by Gasteiger charge is -2.23. The van der Waals surface area contributed by atoms with E-state index in [1.165, 1.54) is 19.3 Å². The average Bonchev–Trinajstić information content (AvgIpc) is 2.16. The Morgan fingerprint density at radius 1 is 1.33 bits per heavy atom. The molecule has 3 nitrogen and oxygen atoms in total. The van der Waals surface area contributed by atoms with Gasteiger partial charge in [0.2, 0.25) is 0 Å². The van der Waals surface area contributed by atoms with Crippen molar-refractivity contribution in [3.8, 4) is 0 Å². The van der Waals surface area contributed by atoms with E-state index >= 15 is 0 Å². The molecule has 0 radical (unpaired) electrons. The first kappa shape index (κ1) is 9.96. The first-order chi connectivity index (χ1) is 5.83. The van der Waals surface area contributed by atoms with Crippen molar-refractivity contribution in [3.63, 3.8) is 0 Å². The number of ether oxygens (including phenoxy) is 1. The molecule has 0 aromatic carbocycles. The SMILES string of the molecule is NC(CO)COC1CCCCC1. The highest BCUT2D eigenvalue weighted by Gasteiger charge is 2.14. The molecular formula is C9H19NO2. The maximum Gasteiger partial charge on any atom is 0.0643 e. The van der Waals surface area contributed by atoms with Crippen molar-refractivity contribution in [3.05, 3.63) is 0 Å². The quantitative estimate of drug-likeness (QED) is 0.656. The Morgan fingerprint density at radius 3 is 2.58 bits per heavy atom. The zero-order valence-corrected chi connectivity index (χ0v) is 7.54. The molecule has 1 aliphatic carbocycles. The van der Waals surface area contributed by atoms with Gasteiger partial charge in [-0.05, 0) is 12.8 Å². The van der Waals surface area contributed by atoms with Gasteiger partial charge < -0.3 is 15.6 Å². The number of aliphatic hydroxyl groups excluding tert-OH is 1. The van der Waals surface area contributed by atoms with Crippen molar-refractivity contribution in [2.24, 2.45) is 5.73 Å². The summed E-state index contributed by atoms with van der Waals surface area (Å²) >= 11 is 0. The monoisotopic (exact) mass is 173 g/mol. The summed E-state index contributed by atoms with van der Waals surface area (Å²) in [5.74, 6) is 0.